The third-order valence-corrected chi connectivity index (χ3v) is 3.29. The third-order valence-electron chi connectivity index (χ3n) is 3.29. The Labute approximate surface area is 105 Å². The Morgan fingerprint density at radius 1 is 1.22 bits per heavy atom. The van der Waals surface area contributed by atoms with Crippen LogP contribution in [0.2, 0.25) is 0 Å². The molecule has 1 aromatic carbocycles. The van der Waals surface area contributed by atoms with Crippen LogP contribution in [0.3, 0.4) is 0 Å². The highest BCUT2D eigenvalue weighted by atomic mass is 19.1. The van der Waals surface area contributed by atoms with Gasteiger partial charge in [0.2, 0.25) is 5.91 Å². The highest BCUT2D eigenvalue weighted by molar-refractivity contribution is 5.94. The van der Waals surface area contributed by atoms with Crippen molar-refractivity contribution in [3.05, 3.63) is 35.6 Å². The van der Waals surface area contributed by atoms with Crippen LogP contribution in [0.25, 0.3) is 0 Å². The molecule has 1 saturated heterocycles. The van der Waals surface area contributed by atoms with E-state index < -0.39 is 5.82 Å². The number of primary amides is 1. The van der Waals surface area contributed by atoms with Crippen molar-refractivity contribution in [2.75, 3.05) is 13.1 Å². The van der Waals surface area contributed by atoms with Gasteiger partial charge in [-0.3, -0.25) is 9.59 Å². The fourth-order valence-corrected chi connectivity index (χ4v) is 2.17. The van der Waals surface area contributed by atoms with Crippen molar-refractivity contribution in [2.24, 2.45) is 11.7 Å². The maximum absolute atomic E-state index is 13.5. The van der Waals surface area contributed by atoms with E-state index in [0.29, 0.717) is 25.9 Å². The second kappa shape index (κ2) is 5.16. The summed E-state index contributed by atoms with van der Waals surface area (Å²) in [5.74, 6) is -1.33. The second-order valence-corrected chi connectivity index (χ2v) is 4.45. The van der Waals surface area contributed by atoms with Crippen LogP contribution in [0, 0.1) is 11.7 Å². The summed E-state index contributed by atoms with van der Waals surface area (Å²) in [6.45, 7) is 0.890. The lowest BCUT2D eigenvalue weighted by Crippen LogP contribution is -2.42. The van der Waals surface area contributed by atoms with Gasteiger partial charge in [-0.05, 0) is 25.0 Å². The summed E-state index contributed by atoms with van der Waals surface area (Å²) in [6.07, 6.45) is 1.10. The van der Waals surface area contributed by atoms with E-state index in [9.17, 15) is 14.0 Å². The molecule has 96 valence electrons. The topological polar surface area (TPSA) is 63.4 Å². The molecule has 2 rings (SSSR count). The molecule has 0 atom stereocenters. The minimum absolute atomic E-state index is 0.0787. The third kappa shape index (κ3) is 2.50. The van der Waals surface area contributed by atoms with Gasteiger partial charge in [-0.1, -0.05) is 12.1 Å². The average Bonchev–Trinajstić information content (AvgIpc) is 2.38. The Kier molecular flexibility index (Phi) is 3.60. The number of nitrogens with two attached hydrogens (primary N) is 1. The predicted octanol–water partition coefficient (Wildman–Crippen LogP) is 1.16. The first-order valence-corrected chi connectivity index (χ1v) is 5.92. The maximum Gasteiger partial charge on any atom is 0.256 e. The van der Waals surface area contributed by atoms with E-state index in [1.807, 2.05) is 0 Å². The minimum atomic E-state index is -0.514. The van der Waals surface area contributed by atoms with Crippen LogP contribution in [0.4, 0.5) is 4.39 Å². The summed E-state index contributed by atoms with van der Waals surface area (Å²) in [4.78, 5) is 24.6. The van der Waals surface area contributed by atoms with Crippen LogP contribution in [0.15, 0.2) is 24.3 Å². The molecule has 0 bridgehead atoms. The number of benzene rings is 1. The molecule has 18 heavy (non-hydrogen) atoms. The summed E-state index contributed by atoms with van der Waals surface area (Å²) in [7, 11) is 0. The van der Waals surface area contributed by atoms with Gasteiger partial charge < -0.3 is 10.6 Å². The van der Waals surface area contributed by atoms with Gasteiger partial charge in [-0.25, -0.2) is 4.39 Å². The lowest BCUT2D eigenvalue weighted by Gasteiger charge is -2.30. The van der Waals surface area contributed by atoms with Gasteiger partial charge in [0.05, 0.1) is 5.56 Å². The number of piperidine rings is 1. The van der Waals surface area contributed by atoms with Crippen molar-refractivity contribution < 1.29 is 14.0 Å². The van der Waals surface area contributed by atoms with E-state index in [2.05, 4.69) is 0 Å². The molecule has 0 aromatic heterocycles. The van der Waals surface area contributed by atoms with Crippen molar-refractivity contribution >= 4 is 11.8 Å². The molecule has 1 heterocycles. The highest BCUT2D eigenvalue weighted by Gasteiger charge is 2.27. The number of rotatable bonds is 2. The Hall–Kier alpha value is -1.91. The number of amides is 2. The molecule has 0 aliphatic carbocycles. The molecule has 1 aliphatic rings. The van der Waals surface area contributed by atoms with Crippen molar-refractivity contribution in [3.63, 3.8) is 0 Å². The van der Waals surface area contributed by atoms with Crippen molar-refractivity contribution in [2.45, 2.75) is 12.8 Å². The normalized spacial score (nSPS) is 16.6. The van der Waals surface area contributed by atoms with Gasteiger partial charge >= 0.3 is 0 Å². The first kappa shape index (κ1) is 12.5. The van der Waals surface area contributed by atoms with Crippen LogP contribution >= 0.6 is 0 Å². The molecule has 4 nitrogen and oxygen atoms in total. The molecule has 2 N–H and O–H groups in total. The van der Waals surface area contributed by atoms with Crippen molar-refractivity contribution in [1.82, 2.24) is 4.90 Å². The fraction of sp³-hybridized carbons (Fsp3) is 0.385. The van der Waals surface area contributed by atoms with Gasteiger partial charge in [-0.2, -0.15) is 0 Å². The average molecular weight is 250 g/mol. The Balaban J connectivity index is 2.04. The molecule has 0 spiro atoms. The Bertz CT molecular complexity index is 468. The summed E-state index contributed by atoms with van der Waals surface area (Å²) >= 11 is 0. The van der Waals surface area contributed by atoms with Crippen molar-refractivity contribution in [3.8, 4) is 0 Å². The number of likely N-dealkylation sites (tertiary alicyclic amines) is 1. The van der Waals surface area contributed by atoms with Crippen LogP contribution in [-0.4, -0.2) is 29.8 Å². The van der Waals surface area contributed by atoms with Gasteiger partial charge in [0.25, 0.3) is 5.91 Å². The molecular formula is C13H15FN2O2. The van der Waals surface area contributed by atoms with E-state index in [1.54, 1.807) is 17.0 Å². The number of halogens is 1. The monoisotopic (exact) mass is 250 g/mol. The minimum Gasteiger partial charge on any atom is -0.369 e. The predicted molar refractivity (Wildman–Crippen MR) is 64.2 cm³/mol. The number of hydrogen-bond acceptors (Lipinski definition) is 2. The molecule has 0 radical (unpaired) electrons. The smallest absolute Gasteiger partial charge is 0.256 e. The first-order valence-electron chi connectivity index (χ1n) is 5.92. The summed E-state index contributed by atoms with van der Waals surface area (Å²) in [5.41, 5.74) is 5.30. The molecule has 0 unspecified atom stereocenters. The summed E-state index contributed by atoms with van der Waals surface area (Å²) in [6, 6.07) is 5.92. The number of carbonyl (C=O) groups excluding carboxylic acids is 2. The van der Waals surface area contributed by atoms with Gasteiger partial charge in [0, 0.05) is 19.0 Å². The van der Waals surface area contributed by atoms with Crippen molar-refractivity contribution in [1.29, 1.82) is 0 Å². The van der Waals surface area contributed by atoms with E-state index in [-0.39, 0.29) is 23.3 Å². The number of nitrogens with zero attached hydrogens (tertiary/aromatic N) is 1. The largest absolute Gasteiger partial charge is 0.369 e. The quantitative estimate of drug-likeness (QED) is 0.856. The van der Waals surface area contributed by atoms with E-state index in [1.165, 1.54) is 12.1 Å². The summed E-state index contributed by atoms with van der Waals surface area (Å²) in [5, 5.41) is 0. The zero-order valence-electron chi connectivity index (χ0n) is 9.93. The lowest BCUT2D eigenvalue weighted by atomic mass is 9.96. The van der Waals surface area contributed by atoms with Crippen LogP contribution in [0.5, 0.6) is 0 Å². The van der Waals surface area contributed by atoms with Gasteiger partial charge in [-0.15, -0.1) is 0 Å². The Morgan fingerprint density at radius 2 is 1.83 bits per heavy atom. The maximum atomic E-state index is 13.5. The Morgan fingerprint density at radius 3 is 2.39 bits per heavy atom. The van der Waals surface area contributed by atoms with E-state index in [4.69, 9.17) is 5.73 Å². The molecule has 1 aromatic rings. The first-order chi connectivity index (χ1) is 8.59. The molecule has 1 aliphatic heterocycles. The molecular weight excluding hydrogens is 235 g/mol. The molecule has 0 saturated carbocycles. The van der Waals surface area contributed by atoms with Gasteiger partial charge in [0.1, 0.15) is 5.82 Å². The van der Waals surface area contributed by atoms with Crippen LogP contribution in [-0.2, 0) is 4.79 Å². The standard InChI is InChI=1S/C13H15FN2O2/c14-11-4-2-1-3-10(11)13(18)16-7-5-9(6-8-16)12(15)17/h1-4,9H,5-8H2,(H2,15,17). The van der Waals surface area contributed by atoms with E-state index >= 15 is 0 Å². The number of hydrogen-bond donors (Lipinski definition) is 1. The van der Waals surface area contributed by atoms with Crippen LogP contribution in [0.1, 0.15) is 23.2 Å². The van der Waals surface area contributed by atoms with E-state index in [0.717, 1.165) is 0 Å². The molecule has 2 amide bonds. The zero-order valence-corrected chi connectivity index (χ0v) is 9.93. The number of carbonyl (C=O) groups is 2. The fourth-order valence-electron chi connectivity index (χ4n) is 2.17. The lowest BCUT2D eigenvalue weighted by molar-refractivity contribution is -0.123. The second-order valence-electron chi connectivity index (χ2n) is 4.45. The SMILES string of the molecule is NC(=O)C1CCN(C(=O)c2ccccc2F)CC1. The molecule has 1 fully saturated rings. The van der Waals surface area contributed by atoms with Gasteiger partial charge in [0.15, 0.2) is 0 Å². The highest BCUT2D eigenvalue weighted by Crippen LogP contribution is 2.19. The van der Waals surface area contributed by atoms with Crippen LogP contribution < -0.4 is 5.73 Å². The zero-order chi connectivity index (χ0) is 13.1. The summed E-state index contributed by atoms with van der Waals surface area (Å²) < 4.78 is 13.5. The molecule has 5 heteroatoms.